The fourth-order valence-electron chi connectivity index (χ4n) is 2.56. The molecule has 2 heteroatoms. The van der Waals surface area contributed by atoms with E-state index in [9.17, 15) is 5.11 Å². The van der Waals surface area contributed by atoms with Crippen molar-refractivity contribution < 1.29 is 5.11 Å². The van der Waals surface area contributed by atoms with Crippen molar-refractivity contribution in [1.82, 2.24) is 0 Å². The van der Waals surface area contributed by atoms with Crippen molar-refractivity contribution in [2.45, 2.75) is 31.3 Å². The second-order valence-corrected chi connectivity index (χ2v) is 5.69. The predicted molar refractivity (Wildman–Crippen MR) is 78.5 cm³/mol. The average molecular weight is 273 g/mol. The van der Waals surface area contributed by atoms with Gasteiger partial charge in [0.2, 0.25) is 0 Å². The highest BCUT2D eigenvalue weighted by atomic mass is 35.5. The van der Waals surface area contributed by atoms with Gasteiger partial charge in [-0.15, -0.1) is 0 Å². The highest BCUT2D eigenvalue weighted by molar-refractivity contribution is 6.30. The van der Waals surface area contributed by atoms with Crippen LogP contribution in [0.2, 0.25) is 5.02 Å². The average Bonchev–Trinajstić information content (AvgIpc) is 2.37. The summed E-state index contributed by atoms with van der Waals surface area (Å²) in [5, 5.41) is 11.0. The molecule has 1 aliphatic carbocycles. The molecule has 0 radical (unpaired) electrons. The fourth-order valence-corrected chi connectivity index (χ4v) is 2.76. The number of aliphatic hydroxyl groups is 1. The maximum absolute atomic E-state index is 10.4. The minimum Gasteiger partial charge on any atom is -0.384 e. The molecule has 2 aromatic carbocycles. The highest BCUT2D eigenvalue weighted by Crippen LogP contribution is 2.36. The number of benzene rings is 2. The van der Waals surface area contributed by atoms with E-state index in [2.05, 4.69) is 12.1 Å². The Balaban J connectivity index is 1.81. The Morgan fingerprint density at radius 1 is 1.00 bits per heavy atom. The smallest absolute Gasteiger partial charge is 0.104 e. The zero-order chi connectivity index (χ0) is 13.2. The predicted octanol–water partition coefficient (Wildman–Crippen LogP) is 4.69. The molecule has 0 aromatic heterocycles. The zero-order valence-corrected chi connectivity index (χ0v) is 11.5. The van der Waals surface area contributed by atoms with E-state index in [-0.39, 0.29) is 0 Å². The van der Waals surface area contributed by atoms with Gasteiger partial charge in [-0.25, -0.2) is 0 Å². The lowest BCUT2D eigenvalue weighted by Crippen LogP contribution is -2.09. The van der Waals surface area contributed by atoms with Crippen LogP contribution in [0.3, 0.4) is 0 Å². The molecule has 0 heterocycles. The molecule has 2 aromatic rings. The van der Waals surface area contributed by atoms with Gasteiger partial charge < -0.3 is 5.11 Å². The molecule has 1 unspecified atom stereocenters. The van der Waals surface area contributed by atoms with Crippen LogP contribution in [0, 0.1) is 0 Å². The summed E-state index contributed by atoms with van der Waals surface area (Å²) in [4.78, 5) is 0. The van der Waals surface area contributed by atoms with E-state index in [1.54, 1.807) is 0 Å². The highest BCUT2D eigenvalue weighted by Gasteiger charge is 2.19. The third kappa shape index (κ3) is 2.68. The molecule has 1 N–H and O–H groups in total. The van der Waals surface area contributed by atoms with Gasteiger partial charge in [0, 0.05) is 5.02 Å². The zero-order valence-electron chi connectivity index (χ0n) is 10.7. The first-order chi connectivity index (χ1) is 9.24. The fraction of sp³-hybridized carbons (Fsp3) is 0.294. The normalized spacial score (nSPS) is 16.9. The topological polar surface area (TPSA) is 20.2 Å². The largest absolute Gasteiger partial charge is 0.384 e. The first-order valence-electron chi connectivity index (χ1n) is 6.77. The Morgan fingerprint density at radius 2 is 1.74 bits per heavy atom. The summed E-state index contributed by atoms with van der Waals surface area (Å²) in [6.45, 7) is 0. The van der Waals surface area contributed by atoms with Gasteiger partial charge in [-0.2, -0.15) is 0 Å². The number of aliphatic hydroxyl groups excluding tert-OH is 1. The lowest BCUT2D eigenvalue weighted by Gasteiger charge is -2.26. The van der Waals surface area contributed by atoms with Crippen molar-refractivity contribution >= 4 is 11.6 Å². The second-order valence-electron chi connectivity index (χ2n) is 5.25. The van der Waals surface area contributed by atoms with E-state index in [1.807, 2.05) is 36.4 Å². The molecular formula is C17H17ClO. The molecule has 98 valence electrons. The summed E-state index contributed by atoms with van der Waals surface area (Å²) in [6.07, 6.45) is 3.35. The molecule has 1 saturated carbocycles. The Morgan fingerprint density at radius 3 is 2.32 bits per heavy atom. The Labute approximate surface area is 118 Å². The van der Waals surface area contributed by atoms with Gasteiger partial charge in [0.25, 0.3) is 0 Å². The summed E-state index contributed by atoms with van der Waals surface area (Å²) >= 11 is 5.96. The molecule has 0 spiro atoms. The summed E-state index contributed by atoms with van der Waals surface area (Å²) in [7, 11) is 0. The summed E-state index contributed by atoms with van der Waals surface area (Å²) in [6, 6.07) is 15.7. The van der Waals surface area contributed by atoms with E-state index < -0.39 is 6.10 Å². The van der Waals surface area contributed by atoms with Crippen LogP contribution >= 0.6 is 11.6 Å². The molecule has 0 saturated heterocycles. The molecule has 0 aliphatic heterocycles. The quantitative estimate of drug-likeness (QED) is 0.859. The van der Waals surface area contributed by atoms with Crippen molar-refractivity contribution in [1.29, 1.82) is 0 Å². The van der Waals surface area contributed by atoms with Gasteiger partial charge in [0.1, 0.15) is 6.10 Å². The second kappa shape index (κ2) is 5.36. The van der Waals surface area contributed by atoms with Gasteiger partial charge in [0.15, 0.2) is 0 Å². The third-order valence-corrected chi connectivity index (χ3v) is 4.23. The SMILES string of the molecule is OC(c1ccc(C2CCC2)cc1)c1cccc(Cl)c1. The van der Waals surface area contributed by atoms with Crippen LogP contribution in [0.5, 0.6) is 0 Å². The van der Waals surface area contributed by atoms with E-state index in [4.69, 9.17) is 11.6 Å². The standard InChI is InChI=1S/C17H17ClO/c18-16-6-2-5-15(11-16)17(19)14-9-7-13(8-10-14)12-3-1-4-12/h2,5-12,17,19H,1,3-4H2. The minimum atomic E-state index is -0.603. The Bertz CT molecular complexity index is 558. The first-order valence-corrected chi connectivity index (χ1v) is 7.15. The Hall–Kier alpha value is -1.31. The van der Waals surface area contributed by atoms with Crippen LogP contribution < -0.4 is 0 Å². The maximum atomic E-state index is 10.4. The molecule has 1 fully saturated rings. The summed E-state index contributed by atoms with van der Waals surface area (Å²) in [5.74, 6) is 0.734. The number of halogens is 1. The lowest BCUT2D eigenvalue weighted by molar-refractivity contribution is 0.220. The van der Waals surface area contributed by atoms with E-state index in [1.165, 1.54) is 24.8 Å². The van der Waals surface area contributed by atoms with Crippen LogP contribution in [0.15, 0.2) is 48.5 Å². The number of rotatable bonds is 3. The molecule has 3 rings (SSSR count). The Kier molecular flexibility index (Phi) is 3.58. The van der Waals surface area contributed by atoms with Crippen LogP contribution in [-0.4, -0.2) is 5.11 Å². The maximum Gasteiger partial charge on any atom is 0.104 e. The van der Waals surface area contributed by atoms with Gasteiger partial charge >= 0.3 is 0 Å². The van der Waals surface area contributed by atoms with Crippen LogP contribution in [0.25, 0.3) is 0 Å². The summed E-state index contributed by atoms with van der Waals surface area (Å²) < 4.78 is 0. The molecule has 0 bridgehead atoms. The molecule has 0 amide bonds. The van der Waals surface area contributed by atoms with Crippen LogP contribution in [-0.2, 0) is 0 Å². The first kappa shape index (κ1) is 12.7. The monoisotopic (exact) mass is 272 g/mol. The number of hydrogen-bond acceptors (Lipinski definition) is 1. The van der Waals surface area contributed by atoms with E-state index in [0.29, 0.717) is 5.02 Å². The van der Waals surface area contributed by atoms with E-state index >= 15 is 0 Å². The molecule has 19 heavy (non-hydrogen) atoms. The summed E-state index contributed by atoms with van der Waals surface area (Å²) in [5.41, 5.74) is 3.16. The third-order valence-electron chi connectivity index (χ3n) is 3.99. The van der Waals surface area contributed by atoms with E-state index in [0.717, 1.165) is 17.0 Å². The van der Waals surface area contributed by atoms with Gasteiger partial charge in [-0.05, 0) is 47.6 Å². The van der Waals surface area contributed by atoms with Gasteiger partial charge in [-0.1, -0.05) is 54.4 Å². The van der Waals surface area contributed by atoms with Crippen molar-refractivity contribution in [3.63, 3.8) is 0 Å². The van der Waals surface area contributed by atoms with Crippen LogP contribution in [0.4, 0.5) is 0 Å². The van der Waals surface area contributed by atoms with Crippen molar-refractivity contribution in [2.75, 3.05) is 0 Å². The van der Waals surface area contributed by atoms with Crippen LogP contribution in [0.1, 0.15) is 48.0 Å². The van der Waals surface area contributed by atoms with Crippen molar-refractivity contribution in [3.05, 3.63) is 70.2 Å². The minimum absolute atomic E-state index is 0.603. The van der Waals surface area contributed by atoms with Crippen molar-refractivity contribution in [3.8, 4) is 0 Å². The lowest BCUT2D eigenvalue weighted by atomic mass is 9.80. The number of hydrogen-bond donors (Lipinski definition) is 1. The van der Waals surface area contributed by atoms with Gasteiger partial charge in [0.05, 0.1) is 0 Å². The molecule has 1 aliphatic rings. The van der Waals surface area contributed by atoms with Gasteiger partial charge in [-0.3, -0.25) is 0 Å². The molecule has 1 atom stereocenters. The molecule has 1 nitrogen and oxygen atoms in total. The van der Waals surface area contributed by atoms with Crippen molar-refractivity contribution in [2.24, 2.45) is 0 Å². The molecular weight excluding hydrogens is 256 g/mol.